The van der Waals surface area contributed by atoms with Gasteiger partial charge >= 0.3 is 0 Å². The topological polar surface area (TPSA) is 27.7 Å². The Kier molecular flexibility index (Phi) is 4.63. The zero-order valence-electron chi connectivity index (χ0n) is 13.0. The van der Waals surface area contributed by atoms with E-state index in [1.165, 1.54) is 31.2 Å². The van der Waals surface area contributed by atoms with E-state index in [0.717, 1.165) is 12.8 Å². The number of benzene rings is 1. The van der Waals surface area contributed by atoms with Crippen LogP contribution in [0.15, 0.2) is 30.3 Å². The van der Waals surface area contributed by atoms with Gasteiger partial charge in [-0.2, -0.15) is 0 Å². The fourth-order valence-corrected chi connectivity index (χ4v) is 3.12. The number of rotatable bonds is 3. The first-order valence-electron chi connectivity index (χ1n) is 8.16. The Morgan fingerprint density at radius 1 is 0.952 bits per heavy atom. The minimum absolute atomic E-state index is 0.327. The van der Waals surface area contributed by atoms with Crippen molar-refractivity contribution in [2.24, 2.45) is 0 Å². The SMILES string of the molecule is CC1(OCc2ccccc2)COC2(CCCCCC2)OC1. The molecule has 3 heteroatoms. The monoisotopic (exact) mass is 290 g/mol. The summed E-state index contributed by atoms with van der Waals surface area (Å²) in [6.07, 6.45) is 7.08. The van der Waals surface area contributed by atoms with Gasteiger partial charge in [-0.15, -0.1) is 0 Å². The van der Waals surface area contributed by atoms with Crippen molar-refractivity contribution in [3.63, 3.8) is 0 Å². The van der Waals surface area contributed by atoms with Gasteiger partial charge in [0.2, 0.25) is 0 Å². The van der Waals surface area contributed by atoms with E-state index in [4.69, 9.17) is 14.2 Å². The molecule has 0 amide bonds. The highest BCUT2D eigenvalue weighted by molar-refractivity contribution is 5.13. The van der Waals surface area contributed by atoms with Crippen molar-refractivity contribution in [1.29, 1.82) is 0 Å². The summed E-state index contributed by atoms with van der Waals surface area (Å²) >= 11 is 0. The van der Waals surface area contributed by atoms with E-state index >= 15 is 0 Å². The Bertz CT molecular complexity index is 425. The summed E-state index contributed by atoms with van der Waals surface area (Å²) in [5, 5.41) is 0. The van der Waals surface area contributed by atoms with Gasteiger partial charge in [0, 0.05) is 12.8 Å². The lowest BCUT2D eigenvalue weighted by Gasteiger charge is -2.44. The quantitative estimate of drug-likeness (QED) is 0.840. The summed E-state index contributed by atoms with van der Waals surface area (Å²) in [7, 11) is 0. The fraction of sp³-hybridized carbons (Fsp3) is 0.667. The minimum Gasteiger partial charge on any atom is -0.366 e. The van der Waals surface area contributed by atoms with Gasteiger partial charge in [0.25, 0.3) is 0 Å². The molecule has 3 nitrogen and oxygen atoms in total. The molecule has 0 bridgehead atoms. The molecule has 1 spiro atoms. The van der Waals surface area contributed by atoms with E-state index in [9.17, 15) is 0 Å². The van der Waals surface area contributed by atoms with E-state index in [1.807, 2.05) is 18.2 Å². The summed E-state index contributed by atoms with van der Waals surface area (Å²) in [6.45, 7) is 3.94. The zero-order chi connectivity index (χ0) is 14.6. The zero-order valence-corrected chi connectivity index (χ0v) is 13.0. The highest BCUT2D eigenvalue weighted by atomic mass is 16.7. The molecule has 2 aliphatic rings. The molecular weight excluding hydrogens is 264 g/mol. The average Bonchev–Trinajstić information content (AvgIpc) is 2.76. The molecule has 0 atom stereocenters. The van der Waals surface area contributed by atoms with Crippen molar-refractivity contribution < 1.29 is 14.2 Å². The molecule has 0 aromatic heterocycles. The molecule has 1 aliphatic carbocycles. The van der Waals surface area contributed by atoms with Crippen molar-refractivity contribution in [2.45, 2.75) is 63.4 Å². The Hall–Kier alpha value is -0.900. The maximum atomic E-state index is 6.14. The molecule has 0 radical (unpaired) electrons. The standard InChI is InChI=1S/C18H26O3/c1-17(19-13-16-9-5-4-6-10-16)14-20-18(21-15-17)11-7-2-3-8-12-18/h4-6,9-10H,2-3,7-8,11-15H2,1H3. The first-order chi connectivity index (χ1) is 10.2. The Morgan fingerprint density at radius 3 is 2.19 bits per heavy atom. The summed E-state index contributed by atoms with van der Waals surface area (Å²) in [4.78, 5) is 0. The van der Waals surface area contributed by atoms with Crippen LogP contribution in [-0.2, 0) is 20.8 Å². The molecule has 1 aliphatic heterocycles. The Morgan fingerprint density at radius 2 is 1.57 bits per heavy atom. The smallest absolute Gasteiger partial charge is 0.168 e. The second-order valence-corrected chi connectivity index (χ2v) is 6.63. The van der Waals surface area contributed by atoms with Crippen LogP contribution >= 0.6 is 0 Å². The summed E-state index contributed by atoms with van der Waals surface area (Å²) in [5.41, 5.74) is 0.849. The van der Waals surface area contributed by atoms with E-state index < -0.39 is 0 Å². The predicted octanol–water partition coefficient (Wildman–Crippen LogP) is 4.06. The van der Waals surface area contributed by atoms with Crippen LogP contribution in [0.25, 0.3) is 0 Å². The van der Waals surface area contributed by atoms with Gasteiger partial charge in [-0.25, -0.2) is 0 Å². The second kappa shape index (κ2) is 6.47. The third kappa shape index (κ3) is 3.85. The first kappa shape index (κ1) is 15.0. The van der Waals surface area contributed by atoms with Gasteiger partial charge in [-0.3, -0.25) is 0 Å². The van der Waals surface area contributed by atoms with Crippen molar-refractivity contribution in [1.82, 2.24) is 0 Å². The summed E-state index contributed by atoms with van der Waals surface area (Å²) in [6, 6.07) is 10.3. The molecule has 1 saturated carbocycles. The number of hydrogen-bond acceptors (Lipinski definition) is 3. The third-order valence-corrected chi connectivity index (χ3v) is 4.58. The largest absolute Gasteiger partial charge is 0.366 e. The van der Waals surface area contributed by atoms with Crippen LogP contribution in [0.3, 0.4) is 0 Å². The van der Waals surface area contributed by atoms with Gasteiger partial charge < -0.3 is 14.2 Å². The maximum Gasteiger partial charge on any atom is 0.168 e. The summed E-state index contributed by atoms with van der Waals surface area (Å²) < 4.78 is 18.4. The lowest BCUT2D eigenvalue weighted by molar-refractivity contribution is -0.327. The molecular formula is C18H26O3. The minimum atomic E-state index is -0.340. The molecule has 1 heterocycles. The Labute approximate surface area is 127 Å². The second-order valence-electron chi connectivity index (χ2n) is 6.63. The van der Waals surface area contributed by atoms with Gasteiger partial charge in [-0.05, 0) is 25.3 Å². The molecule has 0 unspecified atom stereocenters. The molecule has 1 aromatic rings. The lowest BCUT2D eigenvalue weighted by Crippen LogP contribution is -2.53. The molecule has 21 heavy (non-hydrogen) atoms. The average molecular weight is 290 g/mol. The van der Waals surface area contributed by atoms with Crippen molar-refractivity contribution >= 4 is 0 Å². The highest BCUT2D eigenvalue weighted by Crippen LogP contribution is 2.37. The van der Waals surface area contributed by atoms with Gasteiger partial charge in [0.15, 0.2) is 5.79 Å². The van der Waals surface area contributed by atoms with E-state index in [0.29, 0.717) is 19.8 Å². The van der Waals surface area contributed by atoms with Crippen LogP contribution < -0.4 is 0 Å². The van der Waals surface area contributed by atoms with Crippen LogP contribution in [0.2, 0.25) is 0 Å². The fourth-order valence-electron chi connectivity index (χ4n) is 3.12. The molecule has 1 aromatic carbocycles. The maximum absolute atomic E-state index is 6.14. The van der Waals surface area contributed by atoms with E-state index in [1.54, 1.807) is 0 Å². The molecule has 116 valence electrons. The van der Waals surface area contributed by atoms with Crippen LogP contribution in [0.5, 0.6) is 0 Å². The van der Waals surface area contributed by atoms with Crippen LogP contribution in [0, 0.1) is 0 Å². The van der Waals surface area contributed by atoms with Crippen molar-refractivity contribution in [3.8, 4) is 0 Å². The molecule has 2 fully saturated rings. The number of hydrogen-bond donors (Lipinski definition) is 0. The van der Waals surface area contributed by atoms with Crippen molar-refractivity contribution in [3.05, 3.63) is 35.9 Å². The Balaban J connectivity index is 1.53. The summed E-state index contributed by atoms with van der Waals surface area (Å²) in [5.74, 6) is -0.327. The van der Waals surface area contributed by atoms with Gasteiger partial charge in [-0.1, -0.05) is 43.2 Å². The van der Waals surface area contributed by atoms with Crippen LogP contribution in [-0.4, -0.2) is 24.6 Å². The van der Waals surface area contributed by atoms with Gasteiger partial charge in [0.05, 0.1) is 19.8 Å². The van der Waals surface area contributed by atoms with Crippen LogP contribution in [0.4, 0.5) is 0 Å². The molecule has 1 saturated heterocycles. The molecule has 0 N–H and O–H groups in total. The van der Waals surface area contributed by atoms with Crippen molar-refractivity contribution in [2.75, 3.05) is 13.2 Å². The van der Waals surface area contributed by atoms with E-state index in [-0.39, 0.29) is 11.4 Å². The first-order valence-corrected chi connectivity index (χ1v) is 8.16. The highest BCUT2D eigenvalue weighted by Gasteiger charge is 2.43. The van der Waals surface area contributed by atoms with Gasteiger partial charge in [0.1, 0.15) is 5.60 Å². The van der Waals surface area contributed by atoms with Crippen LogP contribution in [0.1, 0.15) is 51.0 Å². The third-order valence-electron chi connectivity index (χ3n) is 4.58. The molecule has 3 rings (SSSR count). The number of ether oxygens (including phenoxy) is 3. The predicted molar refractivity (Wildman–Crippen MR) is 82.0 cm³/mol. The van der Waals surface area contributed by atoms with E-state index in [2.05, 4.69) is 19.1 Å². The normalized spacial score (nSPS) is 24.6. The lowest BCUT2D eigenvalue weighted by atomic mass is 10.0.